The van der Waals surface area contributed by atoms with Gasteiger partial charge in [0.15, 0.2) is 0 Å². The molecule has 94 valence electrons. The minimum Gasteiger partial charge on any atom is -0.379 e. The van der Waals surface area contributed by atoms with Crippen molar-refractivity contribution in [3.05, 3.63) is 0 Å². The predicted octanol–water partition coefficient (Wildman–Crippen LogP) is 2.55. The Kier molecular flexibility index (Phi) is 3.82. The summed E-state index contributed by atoms with van der Waals surface area (Å²) in [5.74, 6) is 3.82. The van der Waals surface area contributed by atoms with Gasteiger partial charge in [0.05, 0.1) is 0 Å². The molecule has 4 aliphatic rings. The molecular weight excluding hydrogens is 222 g/mol. The minimum atomic E-state index is -0.271. The van der Waals surface area contributed by atoms with Crippen molar-refractivity contribution >= 4 is 12.4 Å². The zero-order valence-corrected chi connectivity index (χ0v) is 10.9. The van der Waals surface area contributed by atoms with E-state index in [9.17, 15) is 5.11 Å². The molecule has 0 aliphatic heterocycles. The highest BCUT2D eigenvalue weighted by atomic mass is 35.5. The van der Waals surface area contributed by atoms with Crippen LogP contribution >= 0.6 is 12.4 Å². The zero-order valence-electron chi connectivity index (χ0n) is 10.1. The summed E-state index contributed by atoms with van der Waals surface area (Å²) in [7, 11) is 0. The third kappa shape index (κ3) is 2.12. The lowest BCUT2D eigenvalue weighted by molar-refractivity contribution is -0.0358. The van der Waals surface area contributed by atoms with E-state index >= 15 is 0 Å². The van der Waals surface area contributed by atoms with Crippen molar-refractivity contribution in [3.63, 3.8) is 0 Å². The highest BCUT2D eigenvalue weighted by Crippen LogP contribution is 2.53. The van der Waals surface area contributed by atoms with Crippen LogP contribution < -0.4 is 5.32 Å². The van der Waals surface area contributed by atoms with Crippen molar-refractivity contribution in [1.82, 2.24) is 5.32 Å². The topological polar surface area (TPSA) is 32.3 Å². The van der Waals surface area contributed by atoms with Crippen LogP contribution in [0.2, 0.25) is 0 Å². The molecule has 1 atom stereocenters. The molecule has 1 unspecified atom stereocenters. The van der Waals surface area contributed by atoms with Gasteiger partial charge in [-0.3, -0.25) is 5.32 Å². The predicted molar refractivity (Wildman–Crippen MR) is 67.5 cm³/mol. The van der Waals surface area contributed by atoms with Gasteiger partial charge < -0.3 is 5.11 Å². The van der Waals surface area contributed by atoms with E-state index in [0.29, 0.717) is 6.04 Å². The summed E-state index contributed by atoms with van der Waals surface area (Å²) in [5, 5.41) is 13.2. The van der Waals surface area contributed by atoms with E-state index in [1.807, 2.05) is 6.92 Å². The van der Waals surface area contributed by atoms with Gasteiger partial charge in [-0.15, -0.1) is 12.4 Å². The Balaban J connectivity index is 0.000000963. The summed E-state index contributed by atoms with van der Waals surface area (Å²) in [4.78, 5) is 0. The minimum absolute atomic E-state index is 0. The number of hydrogen-bond donors (Lipinski definition) is 2. The first-order valence-corrected chi connectivity index (χ1v) is 6.70. The molecule has 4 fully saturated rings. The lowest BCUT2D eigenvalue weighted by Crippen LogP contribution is -2.56. The van der Waals surface area contributed by atoms with Crippen LogP contribution in [0.5, 0.6) is 0 Å². The van der Waals surface area contributed by atoms with Gasteiger partial charge in [0.25, 0.3) is 0 Å². The number of rotatable bonds is 3. The highest BCUT2D eigenvalue weighted by Gasteiger charge is 2.48. The number of halogens is 1. The maximum absolute atomic E-state index is 9.73. The van der Waals surface area contributed by atoms with Crippen molar-refractivity contribution < 1.29 is 5.11 Å². The van der Waals surface area contributed by atoms with Crippen molar-refractivity contribution in [2.45, 2.75) is 57.7 Å². The molecule has 0 aromatic heterocycles. The molecule has 0 amide bonds. The lowest BCUT2D eigenvalue weighted by atomic mass is 9.54. The number of hydrogen-bond acceptors (Lipinski definition) is 2. The first kappa shape index (κ1) is 12.7. The molecule has 4 aliphatic carbocycles. The molecule has 4 rings (SSSR count). The fourth-order valence-electron chi connectivity index (χ4n) is 4.54. The molecule has 0 aromatic carbocycles. The lowest BCUT2D eigenvalue weighted by Gasteiger charge is -2.55. The van der Waals surface area contributed by atoms with Gasteiger partial charge in [-0.2, -0.15) is 0 Å². The average molecular weight is 246 g/mol. The normalized spacial score (nSPS) is 46.5. The zero-order chi connectivity index (χ0) is 10.4. The maximum Gasteiger partial charge on any atom is 0.104 e. The van der Waals surface area contributed by atoms with E-state index in [2.05, 4.69) is 5.32 Å². The molecular formula is C13H24ClNO. The monoisotopic (exact) mass is 245 g/mol. The van der Waals surface area contributed by atoms with Crippen LogP contribution in [0.15, 0.2) is 0 Å². The standard InChI is InChI=1S/C13H23NO.ClH/c1-2-12(15)14-13-10-4-8-3-9(6-10)7-11(13)5-8;/h8-15H,2-7H2,1H3;1H. The summed E-state index contributed by atoms with van der Waals surface area (Å²) >= 11 is 0. The number of nitrogens with one attached hydrogen (secondary N) is 1. The smallest absolute Gasteiger partial charge is 0.104 e. The second-order valence-corrected chi connectivity index (χ2v) is 6.05. The number of aliphatic hydroxyl groups is 1. The van der Waals surface area contributed by atoms with E-state index in [4.69, 9.17) is 0 Å². The van der Waals surface area contributed by atoms with E-state index in [1.54, 1.807) is 0 Å². The van der Waals surface area contributed by atoms with Crippen LogP contribution in [0.4, 0.5) is 0 Å². The molecule has 0 spiro atoms. The van der Waals surface area contributed by atoms with Gasteiger partial charge in [-0.1, -0.05) is 6.92 Å². The van der Waals surface area contributed by atoms with Gasteiger partial charge in [0.2, 0.25) is 0 Å². The molecule has 3 heteroatoms. The molecule has 0 radical (unpaired) electrons. The fraction of sp³-hybridized carbons (Fsp3) is 1.00. The highest BCUT2D eigenvalue weighted by molar-refractivity contribution is 5.85. The van der Waals surface area contributed by atoms with Crippen LogP contribution in [0.25, 0.3) is 0 Å². The van der Waals surface area contributed by atoms with Gasteiger partial charge in [0, 0.05) is 6.04 Å². The SMILES string of the molecule is CCC(O)NC1C2CC3CC(C2)CC1C3.Cl. The van der Waals surface area contributed by atoms with E-state index in [1.165, 1.54) is 32.1 Å². The maximum atomic E-state index is 9.73. The van der Waals surface area contributed by atoms with E-state index < -0.39 is 0 Å². The molecule has 2 N–H and O–H groups in total. The quantitative estimate of drug-likeness (QED) is 0.749. The first-order chi connectivity index (χ1) is 7.26. The van der Waals surface area contributed by atoms with Gasteiger partial charge in [-0.25, -0.2) is 0 Å². The van der Waals surface area contributed by atoms with Crippen LogP contribution in [0.3, 0.4) is 0 Å². The molecule has 0 heterocycles. The largest absolute Gasteiger partial charge is 0.379 e. The molecule has 0 aromatic rings. The van der Waals surface area contributed by atoms with E-state index in [0.717, 1.165) is 30.1 Å². The third-order valence-electron chi connectivity index (χ3n) is 5.00. The van der Waals surface area contributed by atoms with Crippen molar-refractivity contribution in [2.75, 3.05) is 0 Å². The molecule has 4 bridgehead atoms. The summed E-state index contributed by atoms with van der Waals surface area (Å²) in [6.07, 6.45) is 7.80. The van der Waals surface area contributed by atoms with Crippen molar-refractivity contribution in [3.8, 4) is 0 Å². The Morgan fingerprint density at radius 2 is 1.56 bits per heavy atom. The van der Waals surface area contributed by atoms with Crippen molar-refractivity contribution in [1.29, 1.82) is 0 Å². The second-order valence-electron chi connectivity index (χ2n) is 6.05. The second kappa shape index (κ2) is 4.83. The first-order valence-electron chi connectivity index (χ1n) is 6.70. The van der Waals surface area contributed by atoms with E-state index in [-0.39, 0.29) is 18.6 Å². The Hall–Kier alpha value is 0.210. The van der Waals surface area contributed by atoms with Crippen LogP contribution in [0, 0.1) is 23.7 Å². The number of aliphatic hydroxyl groups excluding tert-OH is 1. The summed E-state index contributed by atoms with van der Waals surface area (Å²) in [5.41, 5.74) is 0. The van der Waals surface area contributed by atoms with Gasteiger partial charge in [-0.05, 0) is 62.2 Å². The summed E-state index contributed by atoms with van der Waals surface area (Å²) in [6.45, 7) is 2.05. The van der Waals surface area contributed by atoms with Crippen LogP contribution in [0.1, 0.15) is 45.4 Å². The van der Waals surface area contributed by atoms with Crippen LogP contribution in [-0.2, 0) is 0 Å². The van der Waals surface area contributed by atoms with Gasteiger partial charge in [0.1, 0.15) is 6.23 Å². The Bertz CT molecular complexity index is 218. The summed E-state index contributed by atoms with van der Waals surface area (Å²) < 4.78 is 0. The molecule has 2 nitrogen and oxygen atoms in total. The summed E-state index contributed by atoms with van der Waals surface area (Å²) in [6, 6.07) is 0.632. The molecule has 4 saturated carbocycles. The van der Waals surface area contributed by atoms with Crippen LogP contribution in [-0.4, -0.2) is 17.4 Å². The fourth-order valence-corrected chi connectivity index (χ4v) is 4.54. The molecule has 0 saturated heterocycles. The van der Waals surface area contributed by atoms with Crippen molar-refractivity contribution in [2.24, 2.45) is 23.7 Å². The molecule has 16 heavy (non-hydrogen) atoms. The Morgan fingerprint density at radius 3 is 2.00 bits per heavy atom. The average Bonchev–Trinajstić information content (AvgIpc) is 2.22. The third-order valence-corrected chi connectivity index (χ3v) is 5.00. The Morgan fingerprint density at radius 1 is 1.06 bits per heavy atom. The Labute approximate surface area is 105 Å². The van der Waals surface area contributed by atoms with Gasteiger partial charge >= 0.3 is 0 Å².